The molecule has 1 aromatic heterocycles. The Hall–Kier alpha value is -2.87. The topological polar surface area (TPSA) is 77.8 Å². The van der Waals surface area contributed by atoms with Crippen LogP contribution in [-0.2, 0) is 6.42 Å². The van der Waals surface area contributed by atoms with E-state index < -0.39 is 0 Å². The lowest BCUT2D eigenvalue weighted by Gasteiger charge is -2.09. The molecule has 2 N–H and O–H groups in total. The number of anilines is 2. The van der Waals surface area contributed by atoms with Gasteiger partial charge >= 0.3 is 0 Å². The quantitative estimate of drug-likeness (QED) is 0.902. The standard InChI is InChI=1S/C16H16N4O/c1-3-13-8-12(9-15(18-2)19-13)16(21)20-14-6-4-5-11(7-14)10-17/h4-9H,3H2,1-2H3,(H,18,19)(H,20,21). The lowest BCUT2D eigenvalue weighted by Crippen LogP contribution is -2.13. The zero-order valence-electron chi connectivity index (χ0n) is 12.0. The van der Waals surface area contributed by atoms with E-state index in [1.54, 1.807) is 43.4 Å². The fraction of sp³-hybridized carbons (Fsp3) is 0.188. The lowest BCUT2D eigenvalue weighted by atomic mass is 10.1. The fourth-order valence-electron chi connectivity index (χ4n) is 1.90. The Labute approximate surface area is 123 Å². The van der Waals surface area contributed by atoms with Gasteiger partial charge in [0.1, 0.15) is 5.82 Å². The predicted octanol–water partition coefficient (Wildman–Crippen LogP) is 2.81. The summed E-state index contributed by atoms with van der Waals surface area (Å²) in [6.45, 7) is 1.99. The number of nitrogens with one attached hydrogen (secondary N) is 2. The van der Waals surface area contributed by atoms with E-state index in [-0.39, 0.29) is 5.91 Å². The van der Waals surface area contributed by atoms with Crippen molar-refractivity contribution in [3.05, 3.63) is 53.2 Å². The molecule has 0 aliphatic rings. The van der Waals surface area contributed by atoms with Gasteiger partial charge in [0.25, 0.3) is 5.91 Å². The Bertz CT molecular complexity index is 681. The van der Waals surface area contributed by atoms with Crippen LogP contribution in [0.25, 0.3) is 0 Å². The number of benzene rings is 1. The van der Waals surface area contributed by atoms with Crippen molar-refractivity contribution >= 4 is 17.4 Å². The number of amides is 1. The van der Waals surface area contributed by atoms with Crippen molar-refractivity contribution in [1.82, 2.24) is 4.98 Å². The summed E-state index contributed by atoms with van der Waals surface area (Å²) in [5.41, 5.74) is 2.49. The van der Waals surface area contributed by atoms with Crippen LogP contribution in [-0.4, -0.2) is 17.9 Å². The molecule has 1 heterocycles. The Kier molecular flexibility index (Phi) is 4.52. The second-order valence-corrected chi connectivity index (χ2v) is 4.48. The summed E-state index contributed by atoms with van der Waals surface area (Å²) in [5.74, 6) is 0.434. The normalized spacial score (nSPS) is 9.76. The van der Waals surface area contributed by atoms with Crippen LogP contribution in [0.3, 0.4) is 0 Å². The van der Waals surface area contributed by atoms with Gasteiger partial charge in [-0.3, -0.25) is 4.79 Å². The number of rotatable bonds is 4. The average Bonchev–Trinajstić information content (AvgIpc) is 2.54. The second kappa shape index (κ2) is 6.53. The third-order valence-electron chi connectivity index (χ3n) is 3.01. The van der Waals surface area contributed by atoms with Crippen molar-refractivity contribution in [2.45, 2.75) is 13.3 Å². The van der Waals surface area contributed by atoms with Crippen molar-refractivity contribution in [3.8, 4) is 6.07 Å². The number of hydrogen-bond donors (Lipinski definition) is 2. The van der Waals surface area contributed by atoms with Crippen molar-refractivity contribution in [1.29, 1.82) is 5.26 Å². The number of hydrogen-bond acceptors (Lipinski definition) is 4. The molecule has 0 saturated heterocycles. The Morgan fingerprint density at radius 1 is 1.33 bits per heavy atom. The van der Waals surface area contributed by atoms with Gasteiger partial charge in [-0.05, 0) is 36.8 Å². The number of pyridine rings is 1. The second-order valence-electron chi connectivity index (χ2n) is 4.48. The molecular formula is C16H16N4O. The van der Waals surface area contributed by atoms with Gasteiger partial charge in [0, 0.05) is 24.0 Å². The summed E-state index contributed by atoms with van der Waals surface area (Å²) in [7, 11) is 1.76. The van der Waals surface area contributed by atoms with Crippen LogP contribution < -0.4 is 10.6 Å². The van der Waals surface area contributed by atoms with Crippen molar-refractivity contribution < 1.29 is 4.79 Å². The van der Waals surface area contributed by atoms with Gasteiger partial charge in [-0.25, -0.2) is 4.98 Å². The Morgan fingerprint density at radius 2 is 2.14 bits per heavy atom. The van der Waals surface area contributed by atoms with Gasteiger partial charge < -0.3 is 10.6 Å². The maximum absolute atomic E-state index is 12.3. The molecule has 0 unspecified atom stereocenters. The molecule has 2 aromatic rings. The first-order valence-corrected chi connectivity index (χ1v) is 6.66. The van der Waals surface area contributed by atoms with Crippen LogP contribution in [0.15, 0.2) is 36.4 Å². The molecule has 106 valence electrons. The number of aryl methyl sites for hydroxylation is 1. The maximum atomic E-state index is 12.3. The van der Waals surface area contributed by atoms with Crippen molar-refractivity contribution in [2.24, 2.45) is 0 Å². The minimum atomic E-state index is -0.223. The minimum Gasteiger partial charge on any atom is -0.373 e. The van der Waals surface area contributed by atoms with Gasteiger partial charge in [-0.15, -0.1) is 0 Å². The summed E-state index contributed by atoms with van der Waals surface area (Å²) in [6, 6.07) is 12.3. The first-order chi connectivity index (χ1) is 10.2. The summed E-state index contributed by atoms with van der Waals surface area (Å²) in [5, 5.41) is 14.6. The van der Waals surface area contributed by atoms with Crippen molar-refractivity contribution in [3.63, 3.8) is 0 Å². The molecule has 21 heavy (non-hydrogen) atoms. The van der Waals surface area contributed by atoms with Crippen LogP contribution in [0.4, 0.5) is 11.5 Å². The van der Waals surface area contributed by atoms with Crippen LogP contribution in [0.1, 0.15) is 28.5 Å². The molecule has 2 rings (SSSR count). The van der Waals surface area contributed by atoms with Gasteiger partial charge in [-0.2, -0.15) is 5.26 Å². The van der Waals surface area contributed by atoms with Gasteiger partial charge in [0.15, 0.2) is 0 Å². The zero-order chi connectivity index (χ0) is 15.2. The average molecular weight is 280 g/mol. The molecule has 0 aliphatic heterocycles. The molecule has 1 aromatic carbocycles. The van der Waals surface area contributed by atoms with Gasteiger partial charge in [0.05, 0.1) is 11.6 Å². The first-order valence-electron chi connectivity index (χ1n) is 6.66. The van der Waals surface area contributed by atoms with E-state index in [2.05, 4.69) is 15.6 Å². The van der Waals surface area contributed by atoms with E-state index >= 15 is 0 Å². The predicted molar refractivity (Wildman–Crippen MR) is 82.3 cm³/mol. The molecule has 0 bridgehead atoms. The van der Waals surface area contributed by atoms with E-state index in [1.807, 2.05) is 13.0 Å². The SMILES string of the molecule is CCc1cc(C(=O)Nc2cccc(C#N)c2)cc(NC)n1. The third-order valence-corrected chi connectivity index (χ3v) is 3.01. The fourth-order valence-corrected chi connectivity index (χ4v) is 1.90. The van der Waals surface area contributed by atoms with E-state index in [4.69, 9.17) is 5.26 Å². The molecule has 0 spiro atoms. The highest BCUT2D eigenvalue weighted by molar-refractivity contribution is 6.04. The smallest absolute Gasteiger partial charge is 0.255 e. The van der Waals surface area contributed by atoms with Gasteiger partial charge in [0.2, 0.25) is 0 Å². The highest BCUT2D eigenvalue weighted by Gasteiger charge is 2.09. The number of carbonyl (C=O) groups excluding carboxylic acids is 1. The molecule has 0 saturated carbocycles. The minimum absolute atomic E-state index is 0.223. The molecular weight excluding hydrogens is 264 g/mol. The van der Waals surface area contributed by atoms with Crippen LogP contribution in [0, 0.1) is 11.3 Å². The van der Waals surface area contributed by atoms with E-state index in [0.29, 0.717) is 22.6 Å². The number of aromatic nitrogens is 1. The molecule has 0 atom stereocenters. The highest BCUT2D eigenvalue weighted by atomic mass is 16.1. The number of nitriles is 1. The monoisotopic (exact) mass is 280 g/mol. The third kappa shape index (κ3) is 3.57. The largest absolute Gasteiger partial charge is 0.373 e. The molecule has 0 fully saturated rings. The summed E-state index contributed by atoms with van der Waals surface area (Å²) >= 11 is 0. The molecule has 0 radical (unpaired) electrons. The van der Waals surface area contributed by atoms with Crippen LogP contribution >= 0.6 is 0 Å². The first kappa shape index (κ1) is 14.5. The number of carbonyl (C=O) groups is 1. The number of nitrogens with zero attached hydrogens (tertiary/aromatic N) is 2. The zero-order valence-corrected chi connectivity index (χ0v) is 12.0. The molecule has 5 nitrogen and oxygen atoms in total. The van der Waals surface area contributed by atoms with E-state index in [1.165, 1.54) is 0 Å². The highest BCUT2D eigenvalue weighted by Crippen LogP contribution is 2.15. The molecule has 5 heteroatoms. The summed E-state index contributed by atoms with van der Waals surface area (Å²) in [6.07, 6.45) is 0.750. The Morgan fingerprint density at radius 3 is 2.81 bits per heavy atom. The molecule has 1 amide bonds. The van der Waals surface area contributed by atoms with Crippen LogP contribution in [0.5, 0.6) is 0 Å². The van der Waals surface area contributed by atoms with E-state index in [0.717, 1.165) is 12.1 Å². The van der Waals surface area contributed by atoms with Gasteiger partial charge in [-0.1, -0.05) is 13.0 Å². The maximum Gasteiger partial charge on any atom is 0.255 e. The summed E-state index contributed by atoms with van der Waals surface area (Å²) in [4.78, 5) is 16.7. The Balaban J connectivity index is 2.25. The lowest BCUT2D eigenvalue weighted by molar-refractivity contribution is 0.102. The van der Waals surface area contributed by atoms with Crippen LogP contribution in [0.2, 0.25) is 0 Å². The van der Waals surface area contributed by atoms with E-state index in [9.17, 15) is 4.79 Å². The molecule has 0 aliphatic carbocycles. The summed E-state index contributed by atoms with van der Waals surface area (Å²) < 4.78 is 0. The van der Waals surface area contributed by atoms with Crippen molar-refractivity contribution in [2.75, 3.05) is 17.7 Å².